The molecule has 0 amide bonds. The second kappa shape index (κ2) is 4.21. The van der Waals surface area contributed by atoms with Gasteiger partial charge in [0.25, 0.3) is 0 Å². The molecule has 1 aromatic rings. The van der Waals surface area contributed by atoms with E-state index < -0.39 is 11.9 Å². The number of aromatic nitrogens is 1. The quantitative estimate of drug-likeness (QED) is 0.731. The Hall–Kier alpha value is -1.06. The van der Waals surface area contributed by atoms with Crippen LogP contribution in [0, 0.1) is 6.92 Å². The number of nitrogens with zero attached hydrogens (tertiary/aromatic N) is 1. The summed E-state index contributed by atoms with van der Waals surface area (Å²) >= 11 is 0. The van der Waals surface area contributed by atoms with Crippen LogP contribution in [0.4, 0.5) is 13.2 Å². The topological polar surface area (TPSA) is 12.9 Å². The molecule has 15 heavy (non-hydrogen) atoms. The lowest BCUT2D eigenvalue weighted by molar-refractivity contribution is -0.141. The molecule has 0 radical (unpaired) electrons. The summed E-state index contributed by atoms with van der Waals surface area (Å²) < 4.78 is 37.0. The number of halogens is 3. The largest absolute Gasteiger partial charge is 0.433 e. The number of pyridine rings is 1. The van der Waals surface area contributed by atoms with Crippen molar-refractivity contribution in [2.45, 2.75) is 39.3 Å². The monoisotopic (exact) mass is 217 g/mol. The molecule has 0 aliphatic carbocycles. The Balaban J connectivity index is 3.09. The second-order valence-electron chi connectivity index (χ2n) is 3.68. The zero-order chi connectivity index (χ0) is 11.6. The van der Waals surface area contributed by atoms with Gasteiger partial charge >= 0.3 is 6.18 Å². The van der Waals surface area contributed by atoms with Crippen LogP contribution in [0.3, 0.4) is 0 Å². The molecule has 0 fully saturated rings. The first-order chi connectivity index (χ1) is 6.86. The van der Waals surface area contributed by atoms with Gasteiger partial charge in [-0.05, 0) is 30.9 Å². The van der Waals surface area contributed by atoms with Crippen LogP contribution in [0.2, 0.25) is 0 Å². The van der Waals surface area contributed by atoms with Gasteiger partial charge in [0, 0.05) is 5.69 Å². The number of rotatable bonds is 2. The molecule has 0 spiro atoms. The van der Waals surface area contributed by atoms with Gasteiger partial charge in [-0.2, -0.15) is 13.2 Å². The molecule has 84 valence electrons. The molecule has 1 nitrogen and oxygen atoms in total. The fourth-order valence-electron chi connectivity index (χ4n) is 1.47. The molecule has 0 N–H and O–H groups in total. The Morgan fingerprint density at radius 3 is 2.33 bits per heavy atom. The molecule has 0 aliphatic heterocycles. The van der Waals surface area contributed by atoms with Crippen molar-refractivity contribution in [2.75, 3.05) is 0 Å². The highest BCUT2D eigenvalue weighted by molar-refractivity contribution is 5.26. The van der Waals surface area contributed by atoms with Gasteiger partial charge in [0.1, 0.15) is 5.69 Å². The Labute approximate surface area is 87.3 Å². The summed E-state index contributed by atoms with van der Waals surface area (Å²) in [6.45, 7) is 5.61. The molecule has 1 aromatic heterocycles. The highest BCUT2D eigenvalue weighted by atomic mass is 19.4. The summed E-state index contributed by atoms with van der Waals surface area (Å²) in [5.41, 5.74) is 0.553. The molecule has 1 atom stereocenters. The fraction of sp³-hybridized carbons (Fsp3) is 0.545. The van der Waals surface area contributed by atoms with Crippen LogP contribution in [-0.4, -0.2) is 4.98 Å². The average molecular weight is 217 g/mol. The van der Waals surface area contributed by atoms with E-state index in [1.165, 1.54) is 6.07 Å². The van der Waals surface area contributed by atoms with E-state index in [0.717, 1.165) is 18.1 Å². The average Bonchev–Trinajstić information content (AvgIpc) is 2.15. The summed E-state index contributed by atoms with van der Waals surface area (Å²) in [5.74, 6) is 0.250. The van der Waals surface area contributed by atoms with Gasteiger partial charge in [-0.25, -0.2) is 4.98 Å². The Morgan fingerprint density at radius 1 is 1.33 bits per heavy atom. The number of hydrogen-bond acceptors (Lipinski definition) is 1. The Morgan fingerprint density at radius 2 is 1.93 bits per heavy atom. The molecule has 0 aromatic carbocycles. The number of aryl methyl sites for hydroxylation is 1. The van der Waals surface area contributed by atoms with E-state index in [4.69, 9.17) is 0 Å². The smallest absolute Gasteiger partial charge is 0.248 e. The minimum atomic E-state index is -4.35. The lowest BCUT2D eigenvalue weighted by Gasteiger charge is -2.13. The maximum atomic E-state index is 12.3. The van der Waals surface area contributed by atoms with Crippen molar-refractivity contribution in [2.24, 2.45) is 0 Å². The van der Waals surface area contributed by atoms with Crippen molar-refractivity contribution in [3.8, 4) is 0 Å². The molecule has 0 aliphatic rings. The van der Waals surface area contributed by atoms with Gasteiger partial charge in [0.2, 0.25) is 0 Å². The highest BCUT2D eigenvalue weighted by Gasteiger charge is 2.32. The summed E-state index contributed by atoms with van der Waals surface area (Å²) in [6, 6.07) is 2.58. The molecule has 1 heterocycles. The van der Waals surface area contributed by atoms with E-state index in [1.807, 2.05) is 13.8 Å². The maximum Gasteiger partial charge on any atom is 0.433 e. The second-order valence-corrected chi connectivity index (χ2v) is 3.68. The molecule has 0 saturated heterocycles. The molecular weight excluding hydrogens is 203 g/mol. The fourth-order valence-corrected chi connectivity index (χ4v) is 1.47. The van der Waals surface area contributed by atoms with Gasteiger partial charge < -0.3 is 0 Å². The van der Waals surface area contributed by atoms with E-state index in [9.17, 15) is 13.2 Å². The molecule has 1 unspecified atom stereocenters. The maximum absolute atomic E-state index is 12.3. The van der Waals surface area contributed by atoms with Crippen molar-refractivity contribution < 1.29 is 13.2 Å². The minimum Gasteiger partial charge on any atom is -0.248 e. The predicted molar refractivity (Wildman–Crippen MR) is 52.7 cm³/mol. The van der Waals surface area contributed by atoms with E-state index in [0.29, 0.717) is 5.69 Å². The van der Waals surface area contributed by atoms with Gasteiger partial charge in [-0.15, -0.1) is 0 Å². The summed E-state index contributed by atoms with van der Waals surface area (Å²) in [4.78, 5) is 3.59. The van der Waals surface area contributed by atoms with Gasteiger partial charge in [0.15, 0.2) is 0 Å². The third-order valence-corrected chi connectivity index (χ3v) is 2.56. The van der Waals surface area contributed by atoms with E-state index in [1.54, 1.807) is 6.92 Å². The van der Waals surface area contributed by atoms with E-state index in [2.05, 4.69) is 4.98 Å². The van der Waals surface area contributed by atoms with Crippen LogP contribution in [-0.2, 0) is 6.18 Å². The summed E-state index contributed by atoms with van der Waals surface area (Å²) in [6.07, 6.45) is -3.45. The van der Waals surface area contributed by atoms with Crippen molar-refractivity contribution >= 4 is 0 Å². The van der Waals surface area contributed by atoms with Crippen molar-refractivity contribution in [3.63, 3.8) is 0 Å². The van der Waals surface area contributed by atoms with Gasteiger partial charge in [-0.1, -0.05) is 19.9 Å². The first-order valence-corrected chi connectivity index (χ1v) is 4.91. The van der Waals surface area contributed by atoms with Crippen molar-refractivity contribution in [1.82, 2.24) is 4.98 Å². The Kier molecular flexibility index (Phi) is 3.37. The van der Waals surface area contributed by atoms with Crippen LogP contribution < -0.4 is 0 Å². The van der Waals surface area contributed by atoms with Crippen LogP contribution in [0.1, 0.15) is 43.1 Å². The first kappa shape index (κ1) is 12.0. The molecular formula is C11H14F3N. The van der Waals surface area contributed by atoms with Crippen LogP contribution in [0.25, 0.3) is 0 Å². The minimum absolute atomic E-state index is 0.250. The third kappa shape index (κ3) is 2.70. The molecule has 1 rings (SSSR count). The number of alkyl halides is 3. The van der Waals surface area contributed by atoms with Gasteiger partial charge in [-0.3, -0.25) is 0 Å². The summed E-state index contributed by atoms with van der Waals surface area (Å²) in [5, 5.41) is 0. The Bertz CT molecular complexity index is 344. The lowest BCUT2D eigenvalue weighted by Crippen LogP contribution is -2.10. The van der Waals surface area contributed by atoms with E-state index in [-0.39, 0.29) is 5.92 Å². The van der Waals surface area contributed by atoms with E-state index >= 15 is 0 Å². The third-order valence-electron chi connectivity index (χ3n) is 2.56. The number of hydrogen-bond donors (Lipinski definition) is 0. The standard InChI is InChI=1S/C11H14F3N/c1-4-7(2)9-5-6-10(11(12,13)14)15-8(9)3/h5-7H,4H2,1-3H3. The predicted octanol–water partition coefficient (Wildman–Crippen LogP) is 3.92. The molecule has 0 bridgehead atoms. The van der Waals surface area contributed by atoms with Crippen LogP contribution in [0.5, 0.6) is 0 Å². The lowest BCUT2D eigenvalue weighted by atomic mass is 9.97. The SMILES string of the molecule is CCC(C)c1ccc(C(F)(F)F)nc1C. The molecule has 0 saturated carbocycles. The van der Waals surface area contributed by atoms with Crippen LogP contribution in [0.15, 0.2) is 12.1 Å². The van der Waals surface area contributed by atoms with Gasteiger partial charge in [0.05, 0.1) is 0 Å². The highest BCUT2D eigenvalue weighted by Crippen LogP contribution is 2.30. The first-order valence-electron chi connectivity index (χ1n) is 4.91. The zero-order valence-electron chi connectivity index (χ0n) is 9.02. The zero-order valence-corrected chi connectivity index (χ0v) is 9.02. The van der Waals surface area contributed by atoms with Crippen LogP contribution >= 0.6 is 0 Å². The summed E-state index contributed by atoms with van der Waals surface area (Å²) in [7, 11) is 0. The molecule has 4 heteroatoms. The van der Waals surface area contributed by atoms with Crippen molar-refractivity contribution in [1.29, 1.82) is 0 Å². The normalized spacial score (nSPS) is 14.0. The van der Waals surface area contributed by atoms with Crippen molar-refractivity contribution in [3.05, 3.63) is 29.1 Å².